The lowest BCUT2D eigenvalue weighted by Gasteiger charge is -2.27. The van der Waals surface area contributed by atoms with Crippen LogP contribution in [0.4, 0.5) is 5.95 Å². The van der Waals surface area contributed by atoms with Crippen molar-refractivity contribution in [2.24, 2.45) is 0 Å². The van der Waals surface area contributed by atoms with E-state index in [4.69, 9.17) is 16.3 Å². The zero-order chi connectivity index (χ0) is 10.7. The summed E-state index contributed by atoms with van der Waals surface area (Å²) in [5.41, 5.74) is 0. The number of hydrogen-bond donors (Lipinski definition) is 1. The van der Waals surface area contributed by atoms with Crippen molar-refractivity contribution in [2.75, 3.05) is 38.2 Å². The average Bonchev–Trinajstić information content (AvgIpc) is 2.29. The van der Waals surface area contributed by atoms with Crippen LogP contribution in [0.2, 0.25) is 5.28 Å². The molecule has 1 aliphatic rings. The van der Waals surface area contributed by atoms with Gasteiger partial charge in [-0.2, -0.15) is 15.0 Å². The highest BCUT2D eigenvalue weighted by Crippen LogP contribution is 2.14. The lowest BCUT2D eigenvalue weighted by Crippen LogP contribution is -2.44. The minimum atomic E-state index is 0.162. The van der Waals surface area contributed by atoms with Crippen LogP contribution in [-0.4, -0.2) is 48.2 Å². The second-order valence-corrected chi connectivity index (χ2v) is 3.47. The molecule has 0 unspecified atom stereocenters. The van der Waals surface area contributed by atoms with Crippen LogP contribution in [0.3, 0.4) is 0 Å². The summed E-state index contributed by atoms with van der Waals surface area (Å²) in [6, 6.07) is 0.253. The van der Waals surface area contributed by atoms with E-state index in [2.05, 4.69) is 20.3 Å². The Labute approximate surface area is 92.6 Å². The predicted octanol–water partition coefficient (Wildman–Crippen LogP) is -0.0568. The van der Waals surface area contributed by atoms with E-state index in [1.165, 1.54) is 7.11 Å². The Hall–Kier alpha value is -1.14. The smallest absolute Gasteiger partial charge is 0.322 e. The minimum Gasteiger partial charge on any atom is -0.467 e. The molecule has 15 heavy (non-hydrogen) atoms. The topological polar surface area (TPSA) is 63.2 Å². The Morgan fingerprint density at radius 2 is 2.00 bits per heavy atom. The molecule has 1 N–H and O–H groups in total. The second-order valence-electron chi connectivity index (χ2n) is 3.13. The molecular formula is C8H12ClN5O. The molecule has 0 amide bonds. The van der Waals surface area contributed by atoms with Gasteiger partial charge in [-0.25, -0.2) is 0 Å². The van der Waals surface area contributed by atoms with Gasteiger partial charge in [0.05, 0.1) is 7.11 Å². The van der Waals surface area contributed by atoms with Crippen LogP contribution < -0.4 is 15.0 Å². The van der Waals surface area contributed by atoms with E-state index >= 15 is 0 Å². The number of rotatable bonds is 2. The summed E-state index contributed by atoms with van der Waals surface area (Å²) >= 11 is 5.76. The summed E-state index contributed by atoms with van der Waals surface area (Å²) in [5.74, 6) is 0.577. The number of methoxy groups -OCH3 is 1. The molecular weight excluding hydrogens is 218 g/mol. The highest BCUT2D eigenvalue weighted by Gasteiger charge is 2.15. The zero-order valence-electron chi connectivity index (χ0n) is 8.40. The van der Waals surface area contributed by atoms with E-state index < -0.39 is 0 Å². The van der Waals surface area contributed by atoms with E-state index in [0.29, 0.717) is 5.95 Å². The fraction of sp³-hybridized carbons (Fsp3) is 0.625. The molecule has 0 aromatic carbocycles. The van der Waals surface area contributed by atoms with Crippen LogP contribution in [0.25, 0.3) is 0 Å². The quantitative estimate of drug-likeness (QED) is 0.767. The molecule has 2 heterocycles. The van der Waals surface area contributed by atoms with Gasteiger partial charge in [0, 0.05) is 26.2 Å². The van der Waals surface area contributed by atoms with Crippen LogP contribution in [0.1, 0.15) is 0 Å². The molecule has 1 saturated heterocycles. The molecule has 0 saturated carbocycles. The highest BCUT2D eigenvalue weighted by molar-refractivity contribution is 6.28. The zero-order valence-corrected chi connectivity index (χ0v) is 9.16. The first-order valence-corrected chi connectivity index (χ1v) is 5.08. The average molecular weight is 230 g/mol. The van der Waals surface area contributed by atoms with Gasteiger partial charge in [-0.15, -0.1) is 0 Å². The molecule has 7 heteroatoms. The number of anilines is 1. The number of nitrogens with one attached hydrogen (secondary N) is 1. The number of halogens is 1. The predicted molar refractivity (Wildman–Crippen MR) is 56.5 cm³/mol. The molecule has 6 nitrogen and oxygen atoms in total. The van der Waals surface area contributed by atoms with Gasteiger partial charge >= 0.3 is 6.01 Å². The van der Waals surface area contributed by atoms with Gasteiger partial charge in [0.15, 0.2) is 0 Å². The second kappa shape index (κ2) is 4.59. The van der Waals surface area contributed by atoms with Crippen molar-refractivity contribution in [1.29, 1.82) is 0 Å². The van der Waals surface area contributed by atoms with Crippen molar-refractivity contribution >= 4 is 17.5 Å². The van der Waals surface area contributed by atoms with Gasteiger partial charge in [-0.3, -0.25) is 0 Å². The molecule has 0 bridgehead atoms. The van der Waals surface area contributed by atoms with Crippen molar-refractivity contribution in [2.45, 2.75) is 0 Å². The first-order chi connectivity index (χ1) is 7.29. The largest absolute Gasteiger partial charge is 0.467 e. The summed E-state index contributed by atoms with van der Waals surface area (Å²) in [6.07, 6.45) is 0. The lowest BCUT2D eigenvalue weighted by molar-refractivity contribution is 0.377. The van der Waals surface area contributed by atoms with E-state index in [9.17, 15) is 0 Å². The Morgan fingerprint density at radius 3 is 2.67 bits per heavy atom. The molecule has 0 spiro atoms. The summed E-state index contributed by atoms with van der Waals surface area (Å²) in [7, 11) is 1.51. The maximum atomic E-state index is 5.76. The molecule has 1 aromatic rings. The fourth-order valence-corrected chi connectivity index (χ4v) is 1.57. The maximum absolute atomic E-state index is 5.76. The molecule has 0 aliphatic carbocycles. The van der Waals surface area contributed by atoms with E-state index in [1.54, 1.807) is 0 Å². The summed E-state index contributed by atoms with van der Waals surface area (Å²) in [6.45, 7) is 3.57. The van der Waals surface area contributed by atoms with Crippen molar-refractivity contribution in [3.63, 3.8) is 0 Å². The van der Waals surface area contributed by atoms with Crippen LogP contribution >= 0.6 is 11.6 Å². The number of hydrogen-bond acceptors (Lipinski definition) is 6. The van der Waals surface area contributed by atoms with Crippen LogP contribution in [0.5, 0.6) is 6.01 Å². The lowest BCUT2D eigenvalue weighted by atomic mass is 10.4. The van der Waals surface area contributed by atoms with Gasteiger partial charge in [0.1, 0.15) is 0 Å². The summed E-state index contributed by atoms with van der Waals surface area (Å²) < 4.78 is 4.94. The SMILES string of the molecule is COc1nc(Cl)nc(N2CCNCC2)n1. The molecule has 1 fully saturated rings. The van der Waals surface area contributed by atoms with Crippen LogP contribution in [0.15, 0.2) is 0 Å². The third kappa shape index (κ3) is 2.45. The highest BCUT2D eigenvalue weighted by atomic mass is 35.5. The normalized spacial score (nSPS) is 16.5. The van der Waals surface area contributed by atoms with Gasteiger partial charge in [0.2, 0.25) is 11.2 Å². The summed E-state index contributed by atoms with van der Waals surface area (Å²) in [4.78, 5) is 14.1. The first-order valence-electron chi connectivity index (χ1n) is 4.71. The van der Waals surface area contributed by atoms with Crippen molar-refractivity contribution in [3.05, 3.63) is 5.28 Å². The van der Waals surface area contributed by atoms with Gasteiger partial charge < -0.3 is 15.0 Å². The molecule has 1 aromatic heterocycles. The van der Waals surface area contributed by atoms with Crippen LogP contribution in [0, 0.1) is 0 Å². The van der Waals surface area contributed by atoms with Crippen molar-refractivity contribution < 1.29 is 4.74 Å². The monoisotopic (exact) mass is 229 g/mol. The van der Waals surface area contributed by atoms with Crippen molar-refractivity contribution in [3.8, 4) is 6.01 Å². The van der Waals surface area contributed by atoms with Gasteiger partial charge in [-0.1, -0.05) is 0 Å². The van der Waals surface area contributed by atoms with E-state index in [-0.39, 0.29) is 11.3 Å². The Balaban J connectivity index is 2.22. The molecule has 82 valence electrons. The number of ether oxygens (including phenoxy) is 1. The summed E-state index contributed by atoms with van der Waals surface area (Å²) in [5, 5.41) is 3.41. The fourth-order valence-electron chi connectivity index (χ4n) is 1.42. The molecule has 1 aliphatic heterocycles. The van der Waals surface area contributed by atoms with Crippen LogP contribution in [-0.2, 0) is 0 Å². The Morgan fingerprint density at radius 1 is 1.27 bits per heavy atom. The molecule has 0 radical (unpaired) electrons. The third-order valence-corrected chi connectivity index (χ3v) is 2.33. The van der Waals surface area contributed by atoms with Gasteiger partial charge in [-0.05, 0) is 11.6 Å². The van der Waals surface area contributed by atoms with Crippen molar-refractivity contribution in [1.82, 2.24) is 20.3 Å². The Bertz CT molecular complexity index is 342. The minimum absolute atomic E-state index is 0.162. The number of nitrogens with zero attached hydrogens (tertiary/aromatic N) is 4. The number of piperazine rings is 1. The van der Waals surface area contributed by atoms with E-state index in [0.717, 1.165) is 26.2 Å². The maximum Gasteiger partial charge on any atom is 0.322 e. The van der Waals surface area contributed by atoms with E-state index in [1.807, 2.05) is 4.90 Å². The number of aromatic nitrogens is 3. The van der Waals surface area contributed by atoms with Gasteiger partial charge in [0.25, 0.3) is 0 Å². The molecule has 0 atom stereocenters. The molecule has 2 rings (SSSR count). The standard InChI is InChI=1S/C8H12ClN5O/c1-15-8-12-6(9)11-7(13-8)14-4-2-10-3-5-14/h10H,2-5H2,1H3. The first kappa shape index (κ1) is 10.4. The third-order valence-electron chi connectivity index (χ3n) is 2.16. The Kier molecular flexibility index (Phi) is 3.17.